The van der Waals surface area contributed by atoms with Crippen molar-refractivity contribution in [2.75, 3.05) is 17.7 Å². The van der Waals surface area contributed by atoms with Gasteiger partial charge in [-0.3, -0.25) is 4.79 Å². The van der Waals surface area contributed by atoms with Crippen molar-refractivity contribution in [1.29, 1.82) is 0 Å². The summed E-state index contributed by atoms with van der Waals surface area (Å²) in [5.41, 5.74) is 0.453. The molecule has 2 aromatic heterocycles. The number of thioether (sulfide) groups is 1. The molecular formula is C20H21N5O5S3. The zero-order valence-electron chi connectivity index (χ0n) is 17.8. The summed E-state index contributed by atoms with van der Waals surface area (Å²) in [7, 11) is -1.93. The number of hydrogen-bond acceptors (Lipinski definition) is 10. The number of thiazole rings is 1. The van der Waals surface area contributed by atoms with Gasteiger partial charge in [0.2, 0.25) is 5.91 Å². The van der Waals surface area contributed by atoms with Gasteiger partial charge in [-0.2, -0.15) is 0 Å². The summed E-state index contributed by atoms with van der Waals surface area (Å²) >= 11 is 2.12. The van der Waals surface area contributed by atoms with E-state index in [9.17, 15) is 18.0 Å². The molecule has 1 N–H and O–H groups in total. The van der Waals surface area contributed by atoms with Gasteiger partial charge in [0, 0.05) is 7.05 Å². The maximum Gasteiger partial charge on any atom is 0.350 e. The van der Waals surface area contributed by atoms with Gasteiger partial charge in [-0.15, -0.1) is 10.2 Å². The van der Waals surface area contributed by atoms with E-state index < -0.39 is 15.8 Å². The highest BCUT2D eigenvalue weighted by Gasteiger charge is 2.21. The van der Waals surface area contributed by atoms with E-state index in [-0.39, 0.29) is 39.9 Å². The largest absolute Gasteiger partial charge is 0.457 e. The van der Waals surface area contributed by atoms with Crippen molar-refractivity contribution in [1.82, 2.24) is 19.7 Å². The number of amides is 1. The number of anilines is 1. The van der Waals surface area contributed by atoms with Gasteiger partial charge in [-0.1, -0.05) is 54.0 Å². The number of ether oxygens (including phenoxy) is 1. The molecular weight excluding hydrogens is 486 g/mol. The van der Waals surface area contributed by atoms with Gasteiger partial charge in [0.05, 0.1) is 16.3 Å². The minimum absolute atomic E-state index is 0.00766. The van der Waals surface area contributed by atoms with E-state index in [1.165, 1.54) is 18.2 Å². The standard InChI is InChI=1S/C20H21N5O5S3/c1-4-10-30-18(27)17-13(2)21-19(32-17)22-16(26)11-31-20-24-23-15(25(20)3)12-33(28,29)14-8-6-5-7-9-14/h4-9H,1,10-12H2,2-3H3,(H,21,22,26). The number of esters is 1. The van der Waals surface area contributed by atoms with Crippen molar-refractivity contribution in [3.8, 4) is 0 Å². The van der Waals surface area contributed by atoms with E-state index >= 15 is 0 Å². The number of sulfone groups is 1. The van der Waals surface area contributed by atoms with Gasteiger partial charge in [-0.05, 0) is 19.1 Å². The maximum absolute atomic E-state index is 12.6. The smallest absolute Gasteiger partial charge is 0.350 e. The first-order valence-corrected chi connectivity index (χ1v) is 13.0. The van der Waals surface area contributed by atoms with E-state index in [1.54, 1.807) is 36.7 Å². The minimum atomic E-state index is -3.57. The summed E-state index contributed by atoms with van der Waals surface area (Å²) in [6.45, 7) is 5.22. The Bertz CT molecular complexity index is 1270. The second-order valence-electron chi connectivity index (χ2n) is 6.69. The highest BCUT2D eigenvalue weighted by Crippen LogP contribution is 2.24. The summed E-state index contributed by atoms with van der Waals surface area (Å²) in [6, 6.07) is 8.10. The Labute approximate surface area is 199 Å². The van der Waals surface area contributed by atoms with E-state index in [0.717, 1.165) is 23.1 Å². The Morgan fingerprint density at radius 3 is 2.70 bits per heavy atom. The Morgan fingerprint density at radius 1 is 1.27 bits per heavy atom. The lowest BCUT2D eigenvalue weighted by Gasteiger charge is -2.05. The summed E-state index contributed by atoms with van der Waals surface area (Å²) in [5.74, 6) is -0.944. The number of carbonyl (C=O) groups excluding carboxylic acids is 2. The van der Waals surface area contributed by atoms with Crippen molar-refractivity contribution in [3.05, 3.63) is 59.4 Å². The lowest BCUT2D eigenvalue weighted by Crippen LogP contribution is -2.14. The molecule has 0 atom stereocenters. The van der Waals surface area contributed by atoms with Gasteiger partial charge >= 0.3 is 5.97 Å². The van der Waals surface area contributed by atoms with Crippen molar-refractivity contribution in [2.24, 2.45) is 7.05 Å². The normalized spacial score (nSPS) is 11.2. The molecule has 0 fully saturated rings. The summed E-state index contributed by atoms with van der Waals surface area (Å²) in [6.07, 6.45) is 1.46. The molecule has 0 radical (unpaired) electrons. The molecule has 3 aromatic rings. The number of nitrogens with one attached hydrogen (secondary N) is 1. The molecule has 0 spiro atoms. The fraction of sp³-hybridized carbons (Fsp3) is 0.250. The second-order valence-corrected chi connectivity index (χ2v) is 10.6. The highest BCUT2D eigenvalue weighted by atomic mass is 32.2. The average molecular weight is 508 g/mol. The summed E-state index contributed by atoms with van der Waals surface area (Å²) in [5, 5.41) is 11.3. The van der Waals surface area contributed by atoms with Gasteiger partial charge in [0.25, 0.3) is 0 Å². The van der Waals surface area contributed by atoms with Crippen molar-refractivity contribution in [3.63, 3.8) is 0 Å². The second kappa shape index (κ2) is 10.7. The molecule has 33 heavy (non-hydrogen) atoms. The molecule has 10 nitrogen and oxygen atoms in total. The predicted molar refractivity (Wildman–Crippen MR) is 125 cm³/mol. The van der Waals surface area contributed by atoms with Crippen LogP contribution in [0.5, 0.6) is 0 Å². The molecule has 1 amide bonds. The molecule has 2 heterocycles. The molecule has 174 valence electrons. The van der Waals surface area contributed by atoms with Crippen LogP contribution in [0.25, 0.3) is 0 Å². The van der Waals surface area contributed by atoms with Gasteiger partial charge in [0.1, 0.15) is 23.1 Å². The Balaban J connectivity index is 1.59. The maximum atomic E-state index is 12.6. The first kappa shape index (κ1) is 24.6. The van der Waals surface area contributed by atoms with Crippen LogP contribution < -0.4 is 5.32 Å². The number of benzene rings is 1. The molecule has 0 saturated carbocycles. The molecule has 0 saturated heterocycles. The predicted octanol–water partition coefficient (Wildman–Crippen LogP) is 2.63. The van der Waals surface area contributed by atoms with E-state index in [1.807, 2.05) is 0 Å². The van der Waals surface area contributed by atoms with Crippen molar-refractivity contribution < 1.29 is 22.7 Å². The van der Waals surface area contributed by atoms with Gasteiger partial charge in [-0.25, -0.2) is 18.2 Å². The molecule has 0 bridgehead atoms. The lowest BCUT2D eigenvalue weighted by molar-refractivity contribution is -0.113. The fourth-order valence-electron chi connectivity index (χ4n) is 2.60. The van der Waals surface area contributed by atoms with Crippen LogP contribution in [0.3, 0.4) is 0 Å². The Morgan fingerprint density at radius 2 is 2.00 bits per heavy atom. The van der Waals surface area contributed by atoms with Crippen LogP contribution in [0, 0.1) is 6.92 Å². The first-order chi connectivity index (χ1) is 15.7. The van der Waals surface area contributed by atoms with Gasteiger partial charge in [0.15, 0.2) is 20.1 Å². The summed E-state index contributed by atoms with van der Waals surface area (Å²) < 4.78 is 31.7. The number of carbonyl (C=O) groups is 2. The van der Waals surface area contributed by atoms with Gasteiger partial charge < -0.3 is 14.6 Å². The number of nitrogens with zero attached hydrogens (tertiary/aromatic N) is 4. The van der Waals surface area contributed by atoms with E-state index in [4.69, 9.17) is 4.74 Å². The zero-order valence-corrected chi connectivity index (χ0v) is 20.3. The molecule has 0 aliphatic heterocycles. The average Bonchev–Trinajstić information content (AvgIpc) is 3.32. The SMILES string of the molecule is C=CCOC(=O)c1sc(NC(=O)CSc2nnc(CS(=O)(=O)c3ccccc3)n2C)nc1C. The Hall–Kier alpha value is -3.03. The third-order valence-electron chi connectivity index (χ3n) is 4.24. The zero-order chi connectivity index (χ0) is 24.0. The third-order valence-corrected chi connectivity index (χ3v) is 7.94. The topological polar surface area (TPSA) is 133 Å². The van der Waals surface area contributed by atoms with Crippen LogP contribution in [0.1, 0.15) is 21.2 Å². The van der Waals surface area contributed by atoms with E-state index in [2.05, 4.69) is 27.1 Å². The molecule has 13 heteroatoms. The van der Waals surface area contributed by atoms with Crippen molar-refractivity contribution >= 4 is 49.9 Å². The monoisotopic (exact) mass is 507 g/mol. The molecule has 1 aromatic carbocycles. The number of rotatable bonds is 10. The van der Waals surface area contributed by atoms with Crippen LogP contribution in [0.2, 0.25) is 0 Å². The molecule has 3 rings (SSSR count). The quantitative estimate of drug-likeness (QED) is 0.250. The number of hydrogen-bond donors (Lipinski definition) is 1. The third kappa shape index (κ3) is 6.27. The van der Waals surface area contributed by atoms with Crippen LogP contribution >= 0.6 is 23.1 Å². The summed E-state index contributed by atoms with van der Waals surface area (Å²) in [4.78, 5) is 29.0. The first-order valence-electron chi connectivity index (χ1n) is 9.55. The number of aromatic nitrogens is 4. The highest BCUT2D eigenvalue weighted by molar-refractivity contribution is 7.99. The number of aryl methyl sites for hydroxylation is 1. The Kier molecular flexibility index (Phi) is 8.00. The van der Waals surface area contributed by atoms with Crippen LogP contribution in [-0.4, -0.2) is 52.4 Å². The molecule has 0 unspecified atom stereocenters. The molecule has 0 aliphatic rings. The van der Waals surface area contributed by atoms with Crippen molar-refractivity contribution in [2.45, 2.75) is 22.7 Å². The van der Waals surface area contributed by atoms with E-state index in [0.29, 0.717) is 15.7 Å². The van der Waals surface area contributed by atoms with Crippen LogP contribution in [-0.2, 0) is 32.2 Å². The lowest BCUT2D eigenvalue weighted by atomic mass is 10.4. The van der Waals surface area contributed by atoms with Crippen LogP contribution in [0.15, 0.2) is 53.0 Å². The van der Waals surface area contributed by atoms with Crippen LogP contribution in [0.4, 0.5) is 5.13 Å². The minimum Gasteiger partial charge on any atom is -0.457 e. The molecule has 0 aliphatic carbocycles. The fourth-order valence-corrected chi connectivity index (χ4v) is 5.54.